The van der Waals surface area contributed by atoms with Crippen LogP contribution in [0.3, 0.4) is 0 Å². The van der Waals surface area contributed by atoms with Gasteiger partial charge in [0.2, 0.25) is 0 Å². The van der Waals surface area contributed by atoms with Crippen molar-refractivity contribution in [2.75, 3.05) is 0 Å². The van der Waals surface area contributed by atoms with Gasteiger partial charge in [-0.1, -0.05) is 41.6 Å². The summed E-state index contributed by atoms with van der Waals surface area (Å²) in [6, 6.07) is 7.79. The molecule has 0 saturated carbocycles. The maximum atomic E-state index is 11.3. The number of halogens is 1. The van der Waals surface area contributed by atoms with Crippen molar-refractivity contribution >= 4 is 21.9 Å². The van der Waals surface area contributed by atoms with E-state index in [2.05, 4.69) is 22.5 Å². The van der Waals surface area contributed by atoms with Crippen molar-refractivity contribution in [2.45, 2.75) is 13.0 Å². The summed E-state index contributed by atoms with van der Waals surface area (Å²) in [5.74, 6) is -0.228. The molecule has 0 bridgehead atoms. The first kappa shape index (κ1) is 10.4. The Morgan fingerprint density at radius 1 is 1.33 bits per heavy atom. The molecule has 1 aromatic carbocycles. The molecule has 2 nitrogen and oxygen atoms in total. The summed E-state index contributed by atoms with van der Waals surface area (Å²) >= 11 is 3.37. The standard InChI is InChI=1S/C12H11BrO2/c1-7-8(2)12(14)15-11(7)9-3-5-10(13)6-4-9/h3-7,11H,2H2,1H3/t7-,11-/m0/s1. The zero-order valence-electron chi connectivity index (χ0n) is 8.37. The molecule has 1 saturated heterocycles. The SMILES string of the molecule is C=C1C(=O)O[C@H](c2ccc(Br)cc2)[C@H]1C. The minimum Gasteiger partial charge on any atom is -0.453 e. The van der Waals surface area contributed by atoms with Crippen LogP contribution in [0.25, 0.3) is 0 Å². The van der Waals surface area contributed by atoms with E-state index in [0.717, 1.165) is 10.0 Å². The lowest BCUT2D eigenvalue weighted by Gasteiger charge is -2.13. The number of carbonyl (C=O) groups excluding carboxylic acids is 1. The van der Waals surface area contributed by atoms with Gasteiger partial charge >= 0.3 is 5.97 Å². The van der Waals surface area contributed by atoms with Crippen molar-refractivity contribution in [3.63, 3.8) is 0 Å². The predicted molar refractivity (Wildman–Crippen MR) is 61.3 cm³/mol. The Labute approximate surface area is 97.1 Å². The summed E-state index contributed by atoms with van der Waals surface area (Å²) in [5.41, 5.74) is 1.57. The monoisotopic (exact) mass is 266 g/mol. The van der Waals surface area contributed by atoms with E-state index in [1.807, 2.05) is 31.2 Å². The first-order chi connectivity index (χ1) is 7.09. The van der Waals surface area contributed by atoms with Gasteiger partial charge in [-0.05, 0) is 17.7 Å². The van der Waals surface area contributed by atoms with Crippen LogP contribution in [0.4, 0.5) is 0 Å². The van der Waals surface area contributed by atoms with Crippen molar-refractivity contribution in [3.05, 3.63) is 46.5 Å². The highest BCUT2D eigenvalue weighted by atomic mass is 79.9. The molecule has 2 atom stereocenters. The van der Waals surface area contributed by atoms with Gasteiger partial charge in [-0.2, -0.15) is 0 Å². The van der Waals surface area contributed by atoms with Crippen molar-refractivity contribution in [3.8, 4) is 0 Å². The van der Waals surface area contributed by atoms with Crippen molar-refractivity contribution in [2.24, 2.45) is 5.92 Å². The Morgan fingerprint density at radius 3 is 2.40 bits per heavy atom. The highest BCUT2D eigenvalue weighted by Gasteiger charge is 2.36. The Hall–Kier alpha value is -1.09. The lowest BCUT2D eigenvalue weighted by molar-refractivity contribution is -0.139. The van der Waals surface area contributed by atoms with E-state index >= 15 is 0 Å². The van der Waals surface area contributed by atoms with Gasteiger partial charge in [-0.15, -0.1) is 0 Å². The highest BCUT2D eigenvalue weighted by Crippen LogP contribution is 2.37. The normalized spacial score (nSPS) is 25.5. The van der Waals surface area contributed by atoms with Crippen LogP contribution in [0.15, 0.2) is 40.9 Å². The highest BCUT2D eigenvalue weighted by molar-refractivity contribution is 9.10. The molecular formula is C12H11BrO2. The second kappa shape index (κ2) is 3.81. The van der Waals surface area contributed by atoms with Gasteiger partial charge in [0.25, 0.3) is 0 Å². The third-order valence-electron chi connectivity index (χ3n) is 2.70. The second-order valence-corrected chi connectivity index (χ2v) is 4.61. The average Bonchev–Trinajstić information content (AvgIpc) is 2.47. The molecule has 1 aliphatic rings. The largest absolute Gasteiger partial charge is 0.453 e. The van der Waals surface area contributed by atoms with Gasteiger partial charge in [-0.3, -0.25) is 0 Å². The van der Waals surface area contributed by atoms with Crippen LogP contribution in [0.2, 0.25) is 0 Å². The van der Waals surface area contributed by atoms with Gasteiger partial charge in [0.15, 0.2) is 0 Å². The number of cyclic esters (lactones) is 1. The number of esters is 1. The fraction of sp³-hybridized carbons (Fsp3) is 0.250. The Morgan fingerprint density at radius 2 is 1.93 bits per heavy atom. The number of carbonyl (C=O) groups is 1. The fourth-order valence-corrected chi connectivity index (χ4v) is 1.94. The van der Waals surface area contributed by atoms with Gasteiger partial charge in [0, 0.05) is 16.0 Å². The Balaban J connectivity index is 2.29. The Kier molecular flexibility index (Phi) is 2.65. The van der Waals surface area contributed by atoms with Crippen LogP contribution < -0.4 is 0 Å². The molecule has 0 spiro atoms. The molecule has 0 radical (unpaired) electrons. The van der Waals surface area contributed by atoms with Crippen LogP contribution in [0.1, 0.15) is 18.6 Å². The van der Waals surface area contributed by atoms with Crippen LogP contribution in [0, 0.1) is 5.92 Å². The summed E-state index contributed by atoms with van der Waals surface area (Å²) in [7, 11) is 0. The zero-order valence-corrected chi connectivity index (χ0v) is 9.95. The zero-order chi connectivity index (χ0) is 11.0. The first-order valence-electron chi connectivity index (χ1n) is 4.75. The average molecular weight is 267 g/mol. The van der Waals surface area contributed by atoms with E-state index < -0.39 is 0 Å². The molecular weight excluding hydrogens is 256 g/mol. The van der Waals surface area contributed by atoms with E-state index in [9.17, 15) is 4.79 Å². The lowest BCUT2D eigenvalue weighted by atomic mass is 9.94. The first-order valence-corrected chi connectivity index (χ1v) is 5.54. The summed E-state index contributed by atoms with van der Waals surface area (Å²) in [6.07, 6.45) is -0.182. The lowest BCUT2D eigenvalue weighted by Crippen LogP contribution is -2.04. The van der Waals surface area contributed by atoms with Crippen LogP contribution >= 0.6 is 15.9 Å². The molecule has 15 heavy (non-hydrogen) atoms. The molecule has 1 heterocycles. The minimum absolute atomic E-state index is 0.0543. The predicted octanol–water partition coefficient (Wildman–Crippen LogP) is 3.24. The third-order valence-corrected chi connectivity index (χ3v) is 3.23. The summed E-state index contributed by atoms with van der Waals surface area (Å²) in [4.78, 5) is 11.3. The maximum absolute atomic E-state index is 11.3. The summed E-state index contributed by atoms with van der Waals surface area (Å²) in [6.45, 7) is 5.68. The maximum Gasteiger partial charge on any atom is 0.334 e. The van der Waals surface area contributed by atoms with Gasteiger partial charge < -0.3 is 4.74 Å². The summed E-state index contributed by atoms with van der Waals surface area (Å²) < 4.78 is 6.27. The molecule has 1 fully saturated rings. The fourth-order valence-electron chi connectivity index (χ4n) is 1.67. The van der Waals surface area contributed by atoms with Crippen LogP contribution in [0.5, 0.6) is 0 Å². The molecule has 78 valence electrons. The molecule has 2 rings (SSSR count). The minimum atomic E-state index is -0.282. The topological polar surface area (TPSA) is 26.3 Å². The number of ether oxygens (including phenoxy) is 1. The molecule has 0 amide bonds. The van der Waals surface area contributed by atoms with E-state index in [1.54, 1.807) is 0 Å². The smallest absolute Gasteiger partial charge is 0.334 e. The molecule has 3 heteroatoms. The summed E-state index contributed by atoms with van der Waals surface area (Å²) in [5, 5.41) is 0. The Bertz CT molecular complexity index is 408. The van der Waals surface area contributed by atoms with Gasteiger partial charge in [0.1, 0.15) is 6.10 Å². The quantitative estimate of drug-likeness (QED) is 0.576. The molecule has 0 aromatic heterocycles. The van der Waals surface area contributed by atoms with E-state index in [4.69, 9.17) is 4.74 Å². The van der Waals surface area contributed by atoms with Crippen molar-refractivity contribution < 1.29 is 9.53 Å². The molecule has 0 unspecified atom stereocenters. The number of benzene rings is 1. The van der Waals surface area contributed by atoms with E-state index in [0.29, 0.717) is 5.57 Å². The molecule has 0 aliphatic carbocycles. The molecule has 1 aromatic rings. The second-order valence-electron chi connectivity index (χ2n) is 3.69. The van der Waals surface area contributed by atoms with Gasteiger partial charge in [0.05, 0.1) is 0 Å². The molecule has 1 aliphatic heterocycles. The van der Waals surface area contributed by atoms with Crippen molar-refractivity contribution in [1.82, 2.24) is 0 Å². The van der Waals surface area contributed by atoms with E-state index in [1.165, 1.54) is 0 Å². The third kappa shape index (κ3) is 1.84. The number of rotatable bonds is 1. The number of hydrogen-bond donors (Lipinski definition) is 0. The van der Waals surface area contributed by atoms with Crippen molar-refractivity contribution in [1.29, 1.82) is 0 Å². The van der Waals surface area contributed by atoms with Gasteiger partial charge in [-0.25, -0.2) is 4.79 Å². The molecule has 0 N–H and O–H groups in total. The van der Waals surface area contributed by atoms with E-state index in [-0.39, 0.29) is 18.0 Å². The van der Waals surface area contributed by atoms with Crippen LogP contribution in [-0.4, -0.2) is 5.97 Å². The number of hydrogen-bond acceptors (Lipinski definition) is 2. The van der Waals surface area contributed by atoms with Crippen LogP contribution in [-0.2, 0) is 9.53 Å².